The van der Waals surface area contributed by atoms with E-state index in [2.05, 4.69) is 4.98 Å². The Morgan fingerprint density at radius 2 is 2.00 bits per heavy atom. The minimum Gasteiger partial charge on any atom is -0.361 e. The first-order valence-electron chi connectivity index (χ1n) is 6.71. The summed E-state index contributed by atoms with van der Waals surface area (Å²) < 4.78 is 13.2. The molecule has 21 heavy (non-hydrogen) atoms. The van der Waals surface area contributed by atoms with E-state index in [1.807, 2.05) is 30.5 Å². The molecule has 3 nitrogen and oxygen atoms in total. The number of carbonyl (C=O) groups is 1. The monoisotopic (exact) mass is 282 g/mol. The van der Waals surface area contributed by atoms with Crippen LogP contribution in [-0.4, -0.2) is 22.8 Å². The summed E-state index contributed by atoms with van der Waals surface area (Å²) in [4.78, 5) is 17.1. The van der Waals surface area contributed by atoms with Crippen molar-refractivity contribution in [3.63, 3.8) is 0 Å². The summed E-state index contributed by atoms with van der Waals surface area (Å²) in [5.74, 6) is -0.596. The summed E-state index contributed by atoms with van der Waals surface area (Å²) in [6.07, 6.45) is 1.90. The number of aromatic nitrogens is 1. The number of amides is 1. The van der Waals surface area contributed by atoms with Crippen molar-refractivity contribution >= 4 is 16.8 Å². The Morgan fingerprint density at radius 1 is 1.19 bits per heavy atom. The number of benzene rings is 2. The van der Waals surface area contributed by atoms with Crippen molar-refractivity contribution < 1.29 is 9.18 Å². The molecular weight excluding hydrogens is 267 g/mol. The smallest absolute Gasteiger partial charge is 0.253 e. The van der Waals surface area contributed by atoms with Gasteiger partial charge >= 0.3 is 0 Å². The predicted molar refractivity (Wildman–Crippen MR) is 80.5 cm³/mol. The van der Waals surface area contributed by atoms with E-state index in [4.69, 9.17) is 0 Å². The van der Waals surface area contributed by atoms with Crippen molar-refractivity contribution in [1.82, 2.24) is 9.88 Å². The summed E-state index contributed by atoms with van der Waals surface area (Å²) in [7, 11) is 1.72. The number of hydrogen-bond donors (Lipinski definition) is 1. The number of carbonyl (C=O) groups excluding carboxylic acids is 1. The van der Waals surface area contributed by atoms with Crippen molar-refractivity contribution in [3.8, 4) is 0 Å². The highest BCUT2D eigenvalue weighted by molar-refractivity contribution is 5.94. The number of fused-ring (bicyclic) bond motifs is 1. The Balaban J connectivity index is 1.83. The molecule has 0 spiro atoms. The van der Waals surface area contributed by atoms with Crippen LogP contribution in [0.15, 0.2) is 54.7 Å². The molecule has 1 aromatic heterocycles. The molecule has 1 amide bonds. The van der Waals surface area contributed by atoms with Crippen LogP contribution in [0.5, 0.6) is 0 Å². The van der Waals surface area contributed by atoms with Crippen LogP contribution in [0.25, 0.3) is 10.9 Å². The summed E-state index contributed by atoms with van der Waals surface area (Å²) in [6.45, 7) is 0.472. The van der Waals surface area contributed by atoms with Crippen LogP contribution in [0.3, 0.4) is 0 Å². The molecule has 0 aliphatic heterocycles. The average molecular weight is 282 g/mol. The van der Waals surface area contributed by atoms with Gasteiger partial charge in [0.25, 0.3) is 5.91 Å². The SMILES string of the molecule is CN(Cc1c[nH]c2ccccc12)C(=O)c1cccc(F)c1. The quantitative estimate of drug-likeness (QED) is 0.783. The number of hydrogen-bond acceptors (Lipinski definition) is 1. The maximum Gasteiger partial charge on any atom is 0.253 e. The lowest BCUT2D eigenvalue weighted by Crippen LogP contribution is -2.26. The zero-order valence-corrected chi connectivity index (χ0v) is 11.6. The predicted octanol–water partition coefficient (Wildman–Crippen LogP) is 3.58. The summed E-state index contributed by atoms with van der Waals surface area (Å²) >= 11 is 0. The van der Waals surface area contributed by atoms with Gasteiger partial charge in [0.15, 0.2) is 0 Å². The fraction of sp³-hybridized carbons (Fsp3) is 0.118. The highest BCUT2D eigenvalue weighted by Crippen LogP contribution is 2.19. The van der Waals surface area contributed by atoms with E-state index in [9.17, 15) is 9.18 Å². The molecule has 2 aromatic carbocycles. The lowest BCUT2D eigenvalue weighted by atomic mass is 10.1. The Bertz CT molecular complexity index is 794. The van der Waals surface area contributed by atoms with E-state index < -0.39 is 5.82 Å². The van der Waals surface area contributed by atoms with Crippen LogP contribution >= 0.6 is 0 Å². The Morgan fingerprint density at radius 3 is 2.81 bits per heavy atom. The number of rotatable bonds is 3. The molecule has 0 aliphatic rings. The number of para-hydroxylation sites is 1. The van der Waals surface area contributed by atoms with Crippen molar-refractivity contribution in [1.29, 1.82) is 0 Å². The lowest BCUT2D eigenvalue weighted by Gasteiger charge is -2.17. The van der Waals surface area contributed by atoms with Crippen LogP contribution in [0.1, 0.15) is 15.9 Å². The molecule has 3 rings (SSSR count). The van der Waals surface area contributed by atoms with Crippen LogP contribution in [-0.2, 0) is 6.54 Å². The molecule has 3 aromatic rings. The lowest BCUT2D eigenvalue weighted by molar-refractivity contribution is 0.0785. The van der Waals surface area contributed by atoms with E-state index in [1.54, 1.807) is 24.1 Å². The van der Waals surface area contributed by atoms with Crippen LogP contribution in [0, 0.1) is 5.82 Å². The molecule has 0 aliphatic carbocycles. The molecule has 0 unspecified atom stereocenters. The third kappa shape index (κ3) is 2.65. The van der Waals surface area contributed by atoms with Crippen molar-refractivity contribution in [2.75, 3.05) is 7.05 Å². The van der Waals surface area contributed by atoms with Gasteiger partial charge in [-0.25, -0.2) is 4.39 Å². The van der Waals surface area contributed by atoms with E-state index in [-0.39, 0.29) is 5.91 Å². The molecule has 0 saturated heterocycles. The molecule has 1 N–H and O–H groups in total. The molecule has 1 heterocycles. The minimum absolute atomic E-state index is 0.195. The van der Waals surface area contributed by atoms with Crippen LogP contribution in [0.2, 0.25) is 0 Å². The van der Waals surface area contributed by atoms with Gasteiger partial charge in [0, 0.05) is 36.3 Å². The number of nitrogens with one attached hydrogen (secondary N) is 1. The zero-order chi connectivity index (χ0) is 14.8. The second-order valence-electron chi connectivity index (χ2n) is 5.03. The molecule has 0 radical (unpaired) electrons. The van der Waals surface area contributed by atoms with Gasteiger partial charge in [0.1, 0.15) is 5.82 Å². The van der Waals surface area contributed by atoms with Crippen LogP contribution < -0.4 is 0 Å². The first-order chi connectivity index (χ1) is 10.1. The molecule has 0 bridgehead atoms. The Labute approximate surface area is 122 Å². The maximum atomic E-state index is 13.2. The largest absolute Gasteiger partial charge is 0.361 e. The highest BCUT2D eigenvalue weighted by Gasteiger charge is 2.14. The molecule has 0 saturated carbocycles. The van der Waals surface area contributed by atoms with Gasteiger partial charge in [-0.2, -0.15) is 0 Å². The second-order valence-corrected chi connectivity index (χ2v) is 5.03. The van der Waals surface area contributed by atoms with E-state index >= 15 is 0 Å². The van der Waals surface area contributed by atoms with E-state index in [1.165, 1.54) is 12.1 Å². The molecule has 4 heteroatoms. The second kappa shape index (κ2) is 5.40. The fourth-order valence-electron chi connectivity index (χ4n) is 2.43. The standard InChI is InChI=1S/C17H15FN2O/c1-20(17(21)12-5-4-6-14(18)9-12)11-13-10-19-16-8-3-2-7-15(13)16/h2-10,19H,11H2,1H3. The summed E-state index contributed by atoms with van der Waals surface area (Å²) in [5.41, 5.74) is 2.44. The summed E-state index contributed by atoms with van der Waals surface area (Å²) in [5, 5.41) is 1.09. The highest BCUT2D eigenvalue weighted by atomic mass is 19.1. The number of aromatic amines is 1. The van der Waals surface area contributed by atoms with Gasteiger partial charge < -0.3 is 9.88 Å². The Hall–Kier alpha value is -2.62. The van der Waals surface area contributed by atoms with Crippen LogP contribution in [0.4, 0.5) is 4.39 Å². The number of halogens is 1. The zero-order valence-electron chi connectivity index (χ0n) is 11.6. The van der Waals surface area contributed by atoms with E-state index in [0.717, 1.165) is 16.5 Å². The van der Waals surface area contributed by atoms with Gasteiger partial charge in [0.2, 0.25) is 0 Å². The first kappa shape index (κ1) is 13.4. The molecule has 0 atom stereocenters. The van der Waals surface area contributed by atoms with Gasteiger partial charge in [-0.1, -0.05) is 24.3 Å². The summed E-state index contributed by atoms with van der Waals surface area (Å²) in [6, 6.07) is 13.7. The van der Waals surface area contributed by atoms with Gasteiger partial charge in [-0.15, -0.1) is 0 Å². The molecule has 0 fully saturated rings. The molecule has 106 valence electrons. The Kier molecular flexibility index (Phi) is 3.44. The fourth-order valence-corrected chi connectivity index (χ4v) is 2.43. The number of nitrogens with zero attached hydrogens (tertiary/aromatic N) is 1. The molecular formula is C17H15FN2O. The normalized spacial score (nSPS) is 10.8. The minimum atomic E-state index is -0.402. The topological polar surface area (TPSA) is 36.1 Å². The maximum absolute atomic E-state index is 13.2. The third-order valence-corrected chi connectivity index (χ3v) is 3.50. The van der Waals surface area contributed by atoms with Gasteiger partial charge in [-0.05, 0) is 29.8 Å². The van der Waals surface area contributed by atoms with Crippen molar-refractivity contribution in [2.24, 2.45) is 0 Å². The third-order valence-electron chi connectivity index (χ3n) is 3.50. The van der Waals surface area contributed by atoms with E-state index in [0.29, 0.717) is 12.1 Å². The van der Waals surface area contributed by atoms with Gasteiger partial charge in [0.05, 0.1) is 0 Å². The van der Waals surface area contributed by atoms with Crippen molar-refractivity contribution in [3.05, 3.63) is 71.7 Å². The van der Waals surface area contributed by atoms with Crippen molar-refractivity contribution in [2.45, 2.75) is 6.54 Å². The van der Waals surface area contributed by atoms with Gasteiger partial charge in [-0.3, -0.25) is 4.79 Å². The first-order valence-corrected chi connectivity index (χ1v) is 6.71. The average Bonchev–Trinajstić information content (AvgIpc) is 2.90. The number of H-pyrrole nitrogens is 1.